The molecule has 0 N–H and O–H groups in total. The lowest BCUT2D eigenvalue weighted by atomic mass is 10.4. The molecular weight excluding hydrogens is 188 g/mol. The van der Waals surface area contributed by atoms with Gasteiger partial charge in [-0.2, -0.15) is 0 Å². The largest absolute Gasteiger partial charge is 0.463 e. The Labute approximate surface area is 81.8 Å². The molecule has 0 atom stereocenters. The number of carbonyl (C=O) groups excluding carboxylic acids is 2. The molecule has 0 rings (SSSR count). The summed E-state index contributed by atoms with van der Waals surface area (Å²) in [5, 5.41) is -0.0477. The van der Waals surface area contributed by atoms with Gasteiger partial charge in [0.25, 0.3) is 0 Å². The molecule has 0 amide bonds. The third-order valence-corrected chi connectivity index (χ3v) is 1.60. The summed E-state index contributed by atoms with van der Waals surface area (Å²) in [4.78, 5) is 21.4. The fraction of sp³-hybridized carbons (Fsp3) is 0.333. The number of esters is 1. The molecule has 0 aliphatic rings. The second-order valence-corrected chi connectivity index (χ2v) is 2.80. The highest BCUT2D eigenvalue weighted by Gasteiger charge is 1.91. The highest BCUT2D eigenvalue weighted by atomic mass is 32.2. The number of allylic oxidation sites excluding steroid dienone is 2. The van der Waals surface area contributed by atoms with Gasteiger partial charge in [-0.1, -0.05) is 23.9 Å². The first-order valence-corrected chi connectivity index (χ1v) is 5.02. The first kappa shape index (κ1) is 12.0. The van der Waals surface area contributed by atoms with Gasteiger partial charge in [-0.05, 0) is 19.3 Å². The molecule has 0 aromatic carbocycles. The third-order valence-electron chi connectivity index (χ3n) is 1.06. The van der Waals surface area contributed by atoms with Crippen molar-refractivity contribution >= 4 is 22.8 Å². The lowest BCUT2D eigenvalue weighted by molar-refractivity contribution is -0.137. The van der Waals surface area contributed by atoms with Gasteiger partial charge in [-0.3, -0.25) is 4.79 Å². The zero-order valence-corrected chi connectivity index (χ0v) is 8.47. The van der Waals surface area contributed by atoms with Crippen LogP contribution in [0.3, 0.4) is 0 Å². The Kier molecular flexibility index (Phi) is 7.01. The fourth-order valence-corrected chi connectivity index (χ4v) is 0.741. The summed E-state index contributed by atoms with van der Waals surface area (Å²) in [6.45, 7) is 2.09. The molecule has 0 saturated carbocycles. The van der Waals surface area contributed by atoms with Crippen LogP contribution >= 0.6 is 11.8 Å². The van der Waals surface area contributed by atoms with Crippen LogP contribution in [-0.2, 0) is 14.3 Å². The summed E-state index contributed by atoms with van der Waals surface area (Å²) < 4.78 is 4.63. The molecular formula is C9H12O3S. The van der Waals surface area contributed by atoms with E-state index in [4.69, 9.17) is 0 Å². The molecule has 0 radical (unpaired) electrons. The maximum Gasteiger partial charge on any atom is 0.330 e. The van der Waals surface area contributed by atoms with Crippen molar-refractivity contribution in [3.63, 3.8) is 0 Å². The van der Waals surface area contributed by atoms with Crippen LogP contribution in [0, 0.1) is 0 Å². The van der Waals surface area contributed by atoms with Crippen LogP contribution in [0.15, 0.2) is 24.3 Å². The van der Waals surface area contributed by atoms with E-state index >= 15 is 0 Å². The minimum absolute atomic E-state index is 0.0477. The molecule has 0 aliphatic heterocycles. The first-order chi connectivity index (χ1) is 6.20. The van der Waals surface area contributed by atoms with Crippen LogP contribution in [0.2, 0.25) is 0 Å². The maximum atomic E-state index is 10.7. The van der Waals surface area contributed by atoms with E-state index in [2.05, 4.69) is 4.74 Å². The quantitative estimate of drug-likeness (QED) is 0.392. The normalized spacial score (nSPS) is 10.9. The van der Waals surface area contributed by atoms with Crippen LogP contribution in [0.5, 0.6) is 0 Å². The summed E-state index contributed by atoms with van der Waals surface area (Å²) in [5.74, 6) is -0.399. The summed E-state index contributed by atoms with van der Waals surface area (Å²) >= 11 is 1.12. The van der Waals surface area contributed by atoms with Crippen LogP contribution in [0.4, 0.5) is 0 Å². The number of carbonyl (C=O) groups is 2. The van der Waals surface area contributed by atoms with Crippen LogP contribution < -0.4 is 0 Å². The highest BCUT2D eigenvalue weighted by molar-refractivity contribution is 8.13. The predicted octanol–water partition coefficient (Wildman–Crippen LogP) is 1.55. The molecule has 0 aromatic rings. The summed E-state index contributed by atoms with van der Waals surface area (Å²) in [6.07, 6.45) is 7.34. The number of hydrogen-bond acceptors (Lipinski definition) is 4. The molecule has 72 valence electrons. The molecule has 0 saturated heterocycles. The zero-order valence-electron chi connectivity index (χ0n) is 7.65. The Morgan fingerprint density at radius 2 is 1.92 bits per heavy atom. The van der Waals surface area contributed by atoms with Crippen LogP contribution in [-0.4, -0.2) is 23.9 Å². The lowest BCUT2D eigenvalue weighted by Crippen LogP contribution is -1.98. The van der Waals surface area contributed by atoms with E-state index in [0.29, 0.717) is 6.61 Å². The van der Waals surface area contributed by atoms with Crippen molar-refractivity contribution in [3.05, 3.63) is 24.3 Å². The molecule has 13 heavy (non-hydrogen) atoms. The van der Waals surface area contributed by atoms with Crippen molar-refractivity contribution in [2.45, 2.75) is 6.92 Å². The minimum atomic E-state index is -0.399. The summed E-state index contributed by atoms with van der Waals surface area (Å²) in [5.41, 5.74) is 0. The minimum Gasteiger partial charge on any atom is -0.463 e. The number of hydrogen-bond donors (Lipinski definition) is 0. The number of ether oxygens (including phenoxy) is 1. The van der Waals surface area contributed by atoms with Crippen molar-refractivity contribution in [2.24, 2.45) is 0 Å². The molecule has 0 unspecified atom stereocenters. The number of rotatable bonds is 4. The van der Waals surface area contributed by atoms with Crippen molar-refractivity contribution in [1.82, 2.24) is 0 Å². The van der Waals surface area contributed by atoms with Crippen LogP contribution in [0.25, 0.3) is 0 Å². The fourth-order valence-electron chi connectivity index (χ4n) is 0.527. The average molecular weight is 200 g/mol. The highest BCUT2D eigenvalue weighted by Crippen LogP contribution is 1.95. The van der Waals surface area contributed by atoms with Crippen molar-refractivity contribution < 1.29 is 14.3 Å². The van der Waals surface area contributed by atoms with Gasteiger partial charge in [0, 0.05) is 6.08 Å². The Morgan fingerprint density at radius 1 is 1.31 bits per heavy atom. The standard InChI is InChI=1S/C9H12O3S/c1-3-12-8(10)6-4-5-7-9(11)13-2/h4-7H,3H2,1-2H3/b6-4+,7-5+. The van der Waals surface area contributed by atoms with Gasteiger partial charge in [0.2, 0.25) is 5.12 Å². The Hall–Kier alpha value is -1.03. The number of thioether (sulfide) groups is 1. The summed E-state index contributed by atoms with van der Waals surface area (Å²) in [6, 6.07) is 0. The van der Waals surface area contributed by atoms with Gasteiger partial charge in [0.1, 0.15) is 0 Å². The van der Waals surface area contributed by atoms with Crippen molar-refractivity contribution in [1.29, 1.82) is 0 Å². The van der Waals surface area contributed by atoms with E-state index in [0.717, 1.165) is 11.8 Å². The molecule has 0 bridgehead atoms. The van der Waals surface area contributed by atoms with E-state index in [9.17, 15) is 9.59 Å². The molecule has 0 fully saturated rings. The topological polar surface area (TPSA) is 43.4 Å². The van der Waals surface area contributed by atoms with Gasteiger partial charge >= 0.3 is 5.97 Å². The van der Waals surface area contributed by atoms with Gasteiger partial charge in [0.05, 0.1) is 6.61 Å². The third kappa shape index (κ3) is 7.33. The second-order valence-electron chi connectivity index (χ2n) is 1.99. The Bertz CT molecular complexity index is 231. The van der Waals surface area contributed by atoms with Gasteiger partial charge in [-0.15, -0.1) is 0 Å². The van der Waals surface area contributed by atoms with Gasteiger partial charge < -0.3 is 4.74 Å². The molecule has 0 spiro atoms. The Morgan fingerprint density at radius 3 is 2.46 bits per heavy atom. The summed E-state index contributed by atoms with van der Waals surface area (Å²) in [7, 11) is 0. The van der Waals surface area contributed by atoms with Crippen LogP contribution in [0.1, 0.15) is 6.92 Å². The maximum absolute atomic E-state index is 10.7. The predicted molar refractivity (Wildman–Crippen MR) is 53.4 cm³/mol. The smallest absolute Gasteiger partial charge is 0.330 e. The average Bonchev–Trinajstić information content (AvgIpc) is 2.12. The monoisotopic (exact) mass is 200 g/mol. The second kappa shape index (κ2) is 7.61. The van der Waals surface area contributed by atoms with Crippen molar-refractivity contribution in [2.75, 3.05) is 12.9 Å². The molecule has 0 aromatic heterocycles. The van der Waals surface area contributed by atoms with E-state index in [1.807, 2.05) is 0 Å². The Balaban J connectivity index is 3.80. The van der Waals surface area contributed by atoms with Crippen molar-refractivity contribution in [3.8, 4) is 0 Å². The van der Waals surface area contributed by atoms with E-state index < -0.39 is 5.97 Å². The van der Waals surface area contributed by atoms with E-state index in [-0.39, 0.29) is 5.12 Å². The van der Waals surface area contributed by atoms with E-state index in [1.165, 1.54) is 24.3 Å². The van der Waals surface area contributed by atoms with Gasteiger partial charge in [0.15, 0.2) is 0 Å². The molecule has 4 heteroatoms. The SMILES string of the molecule is CCOC(=O)/C=C/C=C/C(=O)SC. The van der Waals surface area contributed by atoms with Gasteiger partial charge in [-0.25, -0.2) is 4.79 Å². The molecule has 0 heterocycles. The van der Waals surface area contributed by atoms with E-state index in [1.54, 1.807) is 13.2 Å². The lowest BCUT2D eigenvalue weighted by Gasteiger charge is -1.92. The first-order valence-electron chi connectivity index (χ1n) is 3.80. The molecule has 3 nitrogen and oxygen atoms in total. The molecule has 0 aliphatic carbocycles. The zero-order chi connectivity index (χ0) is 10.1.